The van der Waals surface area contributed by atoms with Crippen LogP contribution in [-0.2, 0) is 25.7 Å². The van der Waals surface area contributed by atoms with Crippen LogP contribution in [0.3, 0.4) is 0 Å². The van der Waals surface area contributed by atoms with Gasteiger partial charge in [0.05, 0.1) is 11.2 Å². The SMILES string of the molecule is CC1(C)C(/C=C/C=C/C=C2\N(CCCCS(=O)(=O)O)c3ccccc3C2(C)C)=[N+](CCCCCC=O)c2ccccc21. The van der Waals surface area contributed by atoms with E-state index in [9.17, 15) is 13.2 Å². The summed E-state index contributed by atoms with van der Waals surface area (Å²) in [5.74, 6) is -0.218. The largest absolute Gasteiger partial charge is 0.344 e. The summed E-state index contributed by atoms with van der Waals surface area (Å²) in [4.78, 5) is 13.0. The molecule has 1 N–H and O–H groups in total. The van der Waals surface area contributed by atoms with Gasteiger partial charge in [-0.1, -0.05) is 68.5 Å². The second kappa shape index (κ2) is 13.3. The minimum atomic E-state index is -3.95. The van der Waals surface area contributed by atoms with Gasteiger partial charge in [0.2, 0.25) is 5.69 Å². The molecular formula is C35H45N2O4S+. The fraction of sp³-hybridized carbons (Fsp3) is 0.429. The first kappa shape index (κ1) is 31.6. The molecule has 42 heavy (non-hydrogen) atoms. The van der Waals surface area contributed by atoms with Crippen molar-refractivity contribution < 1.29 is 22.3 Å². The number of unbranched alkanes of at least 4 members (excludes halogenated alkanes) is 4. The van der Waals surface area contributed by atoms with E-state index in [4.69, 9.17) is 4.55 Å². The third-order valence-corrected chi connectivity index (χ3v) is 9.37. The predicted octanol–water partition coefficient (Wildman–Crippen LogP) is 7.28. The summed E-state index contributed by atoms with van der Waals surface area (Å²) in [6.07, 6.45) is 16.4. The first-order valence-electron chi connectivity index (χ1n) is 15.0. The van der Waals surface area contributed by atoms with E-state index < -0.39 is 10.1 Å². The molecule has 0 saturated carbocycles. The molecule has 0 unspecified atom stereocenters. The Hall–Kier alpha value is -3.29. The molecule has 6 nitrogen and oxygen atoms in total. The lowest BCUT2D eigenvalue weighted by Crippen LogP contribution is -2.27. The van der Waals surface area contributed by atoms with Crippen molar-refractivity contribution in [3.05, 3.63) is 95.7 Å². The topological polar surface area (TPSA) is 77.7 Å². The van der Waals surface area contributed by atoms with Crippen molar-refractivity contribution in [2.75, 3.05) is 23.7 Å². The first-order valence-corrected chi connectivity index (χ1v) is 16.6. The molecule has 0 radical (unpaired) electrons. The third kappa shape index (κ3) is 7.01. The fourth-order valence-corrected chi connectivity index (χ4v) is 6.92. The lowest BCUT2D eigenvalue weighted by atomic mass is 9.81. The Bertz CT molecular complexity index is 1510. The van der Waals surface area contributed by atoms with Crippen LogP contribution < -0.4 is 4.90 Å². The molecule has 0 atom stereocenters. The van der Waals surface area contributed by atoms with Crippen LogP contribution in [0.5, 0.6) is 0 Å². The average molecular weight is 590 g/mol. The van der Waals surface area contributed by atoms with Crippen molar-refractivity contribution in [3.63, 3.8) is 0 Å². The number of carbonyl (C=O) groups is 1. The third-order valence-electron chi connectivity index (χ3n) is 8.57. The number of nitrogens with zero attached hydrogens (tertiary/aromatic N) is 2. The normalized spacial score (nSPS) is 18.4. The molecule has 2 aromatic rings. The van der Waals surface area contributed by atoms with Crippen molar-refractivity contribution in [1.82, 2.24) is 0 Å². The average Bonchev–Trinajstić information content (AvgIpc) is 3.29. The van der Waals surface area contributed by atoms with Crippen LogP contribution in [0.1, 0.15) is 77.3 Å². The van der Waals surface area contributed by atoms with Gasteiger partial charge < -0.3 is 9.69 Å². The molecule has 0 aliphatic carbocycles. The number of fused-ring (bicyclic) bond motifs is 2. The number of hydrogen-bond donors (Lipinski definition) is 1. The molecule has 2 heterocycles. The number of para-hydroxylation sites is 2. The molecule has 2 aliphatic heterocycles. The number of carbonyl (C=O) groups excluding carboxylic acids is 1. The standard InChI is InChI=1S/C35H44N2O4S/c1-34(2)28-18-10-12-20-30(28)36(24-14-5-6-16-26-38)32(34)22-8-7-9-23-33-35(3,4)29-19-11-13-21-31(29)37(33)25-15-17-27-42(39,40)41/h7-13,18-23,26H,5-6,14-17,24-25,27H2,1-4H3/p+1. The van der Waals surface area contributed by atoms with Gasteiger partial charge in [-0.2, -0.15) is 13.0 Å². The van der Waals surface area contributed by atoms with E-state index in [1.54, 1.807) is 0 Å². The molecule has 0 bridgehead atoms. The van der Waals surface area contributed by atoms with E-state index in [-0.39, 0.29) is 16.6 Å². The van der Waals surface area contributed by atoms with E-state index >= 15 is 0 Å². The van der Waals surface area contributed by atoms with E-state index in [0.29, 0.717) is 25.8 Å². The van der Waals surface area contributed by atoms with Crippen molar-refractivity contribution in [3.8, 4) is 0 Å². The number of rotatable bonds is 14. The number of benzene rings is 2. The van der Waals surface area contributed by atoms with Crippen LogP contribution in [0.15, 0.2) is 84.6 Å². The van der Waals surface area contributed by atoms with Crippen LogP contribution in [0.4, 0.5) is 11.4 Å². The minimum absolute atomic E-state index is 0.115. The summed E-state index contributed by atoms with van der Waals surface area (Å²) in [6, 6.07) is 17.0. The molecule has 0 saturated heterocycles. The van der Waals surface area contributed by atoms with Gasteiger partial charge in [0.25, 0.3) is 10.1 Å². The maximum atomic E-state index is 11.2. The Morgan fingerprint density at radius 1 is 0.833 bits per heavy atom. The fourth-order valence-electron chi connectivity index (χ4n) is 6.35. The molecule has 2 aliphatic rings. The monoisotopic (exact) mass is 589 g/mol. The molecule has 0 amide bonds. The molecule has 224 valence electrons. The number of aldehydes is 1. The smallest absolute Gasteiger partial charge is 0.264 e. The van der Waals surface area contributed by atoms with Gasteiger partial charge in [-0.05, 0) is 57.2 Å². The Balaban J connectivity index is 1.55. The predicted molar refractivity (Wildman–Crippen MR) is 173 cm³/mol. The number of allylic oxidation sites excluding steroid dienone is 6. The Kier molecular flexibility index (Phi) is 10.1. The van der Waals surface area contributed by atoms with Crippen molar-refractivity contribution in [2.24, 2.45) is 0 Å². The van der Waals surface area contributed by atoms with Gasteiger partial charge in [0.15, 0.2) is 5.71 Å². The molecule has 7 heteroatoms. The maximum Gasteiger partial charge on any atom is 0.264 e. The van der Waals surface area contributed by atoms with Crippen LogP contribution in [0, 0.1) is 0 Å². The number of anilines is 1. The Morgan fingerprint density at radius 2 is 1.55 bits per heavy atom. The minimum Gasteiger partial charge on any atom is -0.344 e. The first-order chi connectivity index (χ1) is 20.0. The molecular weight excluding hydrogens is 544 g/mol. The van der Waals surface area contributed by atoms with Gasteiger partial charge in [-0.15, -0.1) is 0 Å². The highest BCUT2D eigenvalue weighted by atomic mass is 32.2. The van der Waals surface area contributed by atoms with Gasteiger partial charge >= 0.3 is 0 Å². The van der Waals surface area contributed by atoms with Gasteiger partial charge in [-0.25, -0.2) is 0 Å². The van der Waals surface area contributed by atoms with Crippen molar-refractivity contribution in [2.45, 2.75) is 77.0 Å². The van der Waals surface area contributed by atoms with E-state index in [0.717, 1.165) is 37.8 Å². The summed E-state index contributed by atoms with van der Waals surface area (Å²) in [6.45, 7) is 10.6. The molecule has 4 rings (SSSR count). The summed E-state index contributed by atoms with van der Waals surface area (Å²) in [7, 11) is -3.95. The van der Waals surface area contributed by atoms with Crippen molar-refractivity contribution in [1.29, 1.82) is 0 Å². The van der Waals surface area contributed by atoms with E-state index in [2.05, 4.69) is 110 Å². The van der Waals surface area contributed by atoms with E-state index in [1.165, 1.54) is 28.2 Å². The molecule has 0 fully saturated rings. The summed E-state index contributed by atoms with van der Waals surface area (Å²) in [5.41, 5.74) is 7.12. The van der Waals surface area contributed by atoms with Crippen LogP contribution in [-0.4, -0.2) is 48.4 Å². The van der Waals surface area contributed by atoms with E-state index in [1.807, 2.05) is 6.07 Å². The van der Waals surface area contributed by atoms with Gasteiger partial charge in [0, 0.05) is 53.9 Å². The zero-order valence-corrected chi connectivity index (χ0v) is 26.2. The Morgan fingerprint density at radius 3 is 2.29 bits per heavy atom. The zero-order valence-electron chi connectivity index (χ0n) is 25.4. The lowest BCUT2D eigenvalue weighted by molar-refractivity contribution is -0.438. The highest BCUT2D eigenvalue weighted by molar-refractivity contribution is 7.85. The lowest BCUT2D eigenvalue weighted by Gasteiger charge is -2.27. The molecule has 2 aromatic carbocycles. The highest BCUT2D eigenvalue weighted by Crippen LogP contribution is 2.47. The highest BCUT2D eigenvalue weighted by Gasteiger charge is 2.43. The van der Waals surface area contributed by atoms with Gasteiger partial charge in [0.1, 0.15) is 12.8 Å². The Labute approximate surface area is 251 Å². The quantitative estimate of drug-likeness (QED) is 0.0824. The van der Waals surface area contributed by atoms with Crippen molar-refractivity contribution >= 4 is 33.5 Å². The molecule has 0 spiro atoms. The second-order valence-electron chi connectivity index (χ2n) is 12.3. The maximum absolute atomic E-state index is 11.2. The summed E-state index contributed by atoms with van der Waals surface area (Å²) in [5, 5.41) is 0. The summed E-state index contributed by atoms with van der Waals surface area (Å²) < 4.78 is 34.0. The molecule has 0 aromatic heterocycles. The zero-order chi connectivity index (χ0) is 30.4. The van der Waals surface area contributed by atoms with Crippen LogP contribution in [0.2, 0.25) is 0 Å². The summed E-state index contributed by atoms with van der Waals surface area (Å²) >= 11 is 0. The van der Waals surface area contributed by atoms with Crippen LogP contribution >= 0.6 is 0 Å². The van der Waals surface area contributed by atoms with Crippen LogP contribution in [0.25, 0.3) is 0 Å². The van der Waals surface area contributed by atoms with Gasteiger partial charge in [-0.3, -0.25) is 4.55 Å². The second-order valence-corrected chi connectivity index (χ2v) is 13.8. The number of hydrogen-bond acceptors (Lipinski definition) is 4.